The van der Waals surface area contributed by atoms with Gasteiger partial charge in [-0.1, -0.05) is 0 Å². The van der Waals surface area contributed by atoms with E-state index in [1.807, 2.05) is 18.2 Å². The summed E-state index contributed by atoms with van der Waals surface area (Å²) >= 11 is 0. The molecule has 1 saturated heterocycles. The van der Waals surface area contributed by atoms with E-state index in [4.69, 9.17) is 5.73 Å². The van der Waals surface area contributed by atoms with Crippen LogP contribution < -0.4 is 5.73 Å². The smallest absolute Gasteiger partial charge is 0.108 e. The van der Waals surface area contributed by atoms with Gasteiger partial charge in [-0.05, 0) is 51.2 Å². The third-order valence-corrected chi connectivity index (χ3v) is 4.28. The SMILES string of the molecule is CN(CCc1nc2ccc(N)cc2[nH]1)CCN1CCCC1. The number of nitrogens with zero attached hydrogens (tertiary/aromatic N) is 3. The van der Waals surface area contributed by atoms with Crippen molar-refractivity contribution in [2.24, 2.45) is 0 Å². The predicted octanol–water partition coefficient (Wildman–Crippen LogP) is 1.72. The summed E-state index contributed by atoms with van der Waals surface area (Å²) in [5.41, 5.74) is 8.60. The fraction of sp³-hybridized carbons (Fsp3) is 0.562. The Labute approximate surface area is 126 Å². The maximum Gasteiger partial charge on any atom is 0.108 e. The highest BCUT2D eigenvalue weighted by Gasteiger charge is 2.12. The molecule has 0 amide bonds. The number of aromatic nitrogens is 2. The Morgan fingerprint density at radius 1 is 1.29 bits per heavy atom. The van der Waals surface area contributed by atoms with Gasteiger partial charge in [-0.3, -0.25) is 0 Å². The summed E-state index contributed by atoms with van der Waals surface area (Å²) in [7, 11) is 2.19. The van der Waals surface area contributed by atoms with Crippen molar-refractivity contribution < 1.29 is 0 Å². The highest BCUT2D eigenvalue weighted by molar-refractivity contribution is 5.78. The topological polar surface area (TPSA) is 61.2 Å². The molecular weight excluding hydrogens is 262 g/mol. The maximum absolute atomic E-state index is 5.79. The Kier molecular flexibility index (Phi) is 4.41. The molecular formula is C16H25N5. The van der Waals surface area contributed by atoms with E-state index < -0.39 is 0 Å². The molecule has 0 atom stereocenters. The van der Waals surface area contributed by atoms with Crippen LogP contribution in [0, 0.1) is 0 Å². The molecule has 1 aliphatic heterocycles. The average molecular weight is 287 g/mol. The largest absolute Gasteiger partial charge is 0.399 e. The van der Waals surface area contributed by atoms with E-state index in [1.165, 1.54) is 32.5 Å². The first-order chi connectivity index (χ1) is 10.2. The van der Waals surface area contributed by atoms with Crippen molar-refractivity contribution in [3.05, 3.63) is 24.0 Å². The van der Waals surface area contributed by atoms with Crippen molar-refractivity contribution in [2.45, 2.75) is 19.3 Å². The van der Waals surface area contributed by atoms with Gasteiger partial charge in [-0.25, -0.2) is 4.98 Å². The molecule has 0 radical (unpaired) electrons. The zero-order valence-electron chi connectivity index (χ0n) is 12.8. The van der Waals surface area contributed by atoms with Crippen LogP contribution in [-0.2, 0) is 6.42 Å². The normalized spacial score (nSPS) is 16.3. The summed E-state index contributed by atoms with van der Waals surface area (Å²) in [4.78, 5) is 12.9. The minimum Gasteiger partial charge on any atom is -0.399 e. The number of likely N-dealkylation sites (tertiary alicyclic amines) is 1. The molecule has 2 heterocycles. The third kappa shape index (κ3) is 3.74. The second-order valence-corrected chi connectivity index (χ2v) is 6.06. The lowest BCUT2D eigenvalue weighted by Crippen LogP contribution is -2.32. The predicted molar refractivity (Wildman–Crippen MR) is 87.4 cm³/mol. The van der Waals surface area contributed by atoms with Crippen LogP contribution in [0.25, 0.3) is 11.0 Å². The van der Waals surface area contributed by atoms with Gasteiger partial charge in [-0.2, -0.15) is 0 Å². The van der Waals surface area contributed by atoms with E-state index in [2.05, 4.69) is 26.8 Å². The van der Waals surface area contributed by atoms with Crippen LogP contribution in [0.1, 0.15) is 18.7 Å². The van der Waals surface area contributed by atoms with Gasteiger partial charge in [0, 0.05) is 31.7 Å². The lowest BCUT2D eigenvalue weighted by molar-refractivity contribution is 0.258. The molecule has 2 aromatic rings. The molecule has 0 bridgehead atoms. The molecule has 0 saturated carbocycles. The quantitative estimate of drug-likeness (QED) is 0.794. The van der Waals surface area contributed by atoms with Gasteiger partial charge in [0.1, 0.15) is 5.82 Å². The number of nitrogens with two attached hydrogens (primary N) is 1. The summed E-state index contributed by atoms with van der Waals surface area (Å²) in [5, 5.41) is 0. The van der Waals surface area contributed by atoms with Crippen LogP contribution in [0.5, 0.6) is 0 Å². The Morgan fingerprint density at radius 2 is 2.10 bits per heavy atom. The van der Waals surface area contributed by atoms with Crippen molar-refractivity contribution in [3.63, 3.8) is 0 Å². The Hall–Kier alpha value is -1.59. The van der Waals surface area contributed by atoms with Gasteiger partial charge in [0.2, 0.25) is 0 Å². The second-order valence-electron chi connectivity index (χ2n) is 6.06. The van der Waals surface area contributed by atoms with Gasteiger partial charge in [0.15, 0.2) is 0 Å². The number of H-pyrrole nitrogens is 1. The van der Waals surface area contributed by atoms with Crippen LogP contribution in [0.2, 0.25) is 0 Å². The van der Waals surface area contributed by atoms with E-state index in [-0.39, 0.29) is 0 Å². The molecule has 0 spiro atoms. The maximum atomic E-state index is 5.79. The summed E-state index contributed by atoms with van der Waals surface area (Å²) < 4.78 is 0. The van der Waals surface area contributed by atoms with Crippen molar-refractivity contribution >= 4 is 16.7 Å². The summed E-state index contributed by atoms with van der Waals surface area (Å²) in [6.45, 7) is 5.90. The number of imidazole rings is 1. The number of aromatic amines is 1. The molecule has 1 fully saturated rings. The van der Waals surface area contributed by atoms with Crippen LogP contribution in [0.4, 0.5) is 5.69 Å². The molecule has 0 unspecified atom stereocenters. The third-order valence-electron chi connectivity index (χ3n) is 4.28. The molecule has 3 N–H and O–H groups in total. The molecule has 3 rings (SSSR count). The number of benzene rings is 1. The summed E-state index contributed by atoms with van der Waals surface area (Å²) in [6, 6.07) is 5.82. The van der Waals surface area contributed by atoms with Crippen molar-refractivity contribution in [3.8, 4) is 0 Å². The van der Waals surface area contributed by atoms with Gasteiger partial charge < -0.3 is 20.5 Å². The Bertz CT molecular complexity index is 585. The first kappa shape index (κ1) is 14.4. The van der Waals surface area contributed by atoms with Gasteiger partial charge in [0.05, 0.1) is 11.0 Å². The second kappa shape index (κ2) is 6.45. The molecule has 0 aliphatic carbocycles. The zero-order valence-corrected chi connectivity index (χ0v) is 12.8. The highest BCUT2D eigenvalue weighted by atomic mass is 15.2. The minimum absolute atomic E-state index is 0.778. The number of nitrogens with one attached hydrogen (secondary N) is 1. The molecule has 114 valence electrons. The molecule has 1 aliphatic rings. The summed E-state index contributed by atoms with van der Waals surface area (Å²) in [6.07, 6.45) is 3.68. The fourth-order valence-electron chi connectivity index (χ4n) is 2.93. The first-order valence-corrected chi connectivity index (χ1v) is 7.86. The van der Waals surface area contributed by atoms with Crippen LogP contribution in [0.3, 0.4) is 0 Å². The monoisotopic (exact) mass is 287 g/mol. The van der Waals surface area contributed by atoms with E-state index in [0.29, 0.717) is 0 Å². The number of nitrogen functional groups attached to an aromatic ring is 1. The highest BCUT2D eigenvalue weighted by Crippen LogP contribution is 2.15. The molecule has 5 heteroatoms. The van der Waals surface area contributed by atoms with Crippen LogP contribution in [-0.4, -0.2) is 59.5 Å². The summed E-state index contributed by atoms with van der Waals surface area (Å²) in [5.74, 6) is 1.05. The Morgan fingerprint density at radius 3 is 2.90 bits per heavy atom. The van der Waals surface area contributed by atoms with E-state index >= 15 is 0 Å². The lowest BCUT2D eigenvalue weighted by atomic mass is 10.3. The van der Waals surface area contributed by atoms with Gasteiger partial charge in [-0.15, -0.1) is 0 Å². The lowest BCUT2D eigenvalue weighted by Gasteiger charge is -2.20. The van der Waals surface area contributed by atoms with Crippen molar-refractivity contribution in [1.29, 1.82) is 0 Å². The molecule has 5 nitrogen and oxygen atoms in total. The number of fused-ring (bicyclic) bond motifs is 1. The molecule has 21 heavy (non-hydrogen) atoms. The van der Waals surface area contributed by atoms with Gasteiger partial charge in [0.25, 0.3) is 0 Å². The minimum atomic E-state index is 0.778. The fourth-order valence-corrected chi connectivity index (χ4v) is 2.93. The Balaban J connectivity index is 1.48. The first-order valence-electron chi connectivity index (χ1n) is 7.86. The zero-order chi connectivity index (χ0) is 14.7. The van der Waals surface area contributed by atoms with E-state index in [9.17, 15) is 0 Å². The van der Waals surface area contributed by atoms with Crippen molar-refractivity contribution in [2.75, 3.05) is 45.5 Å². The number of hydrogen-bond donors (Lipinski definition) is 2. The average Bonchev–Trinajstić information content (AvgIpc) is 3.11. The van der Waals surface area contributed by atoms with Crippen LogP contribution >= 0.6 is 0 Å². The van der Waals surface area contributed by atoms with Gasteiger partial charge >= 0.3 is 0 Å². The van der Waals surface area contributed by atoms with E-state index in [0.717, 1.165) is 42.1 Å². The molecule has 1 aromatic heterocycles. The number of rotatable bonds is 6. The number of anilines is 1. The van der Waals surface area contributed by atoms with E-state index in [1.54, 1.807) is 0 Å². The number of likely N-dealkylation sites (N-methyl/N-ethyl adjacent to an activating group) is 1. The number of hydrogen-bond acceptors (Lipinski definition) is 4. The van der Waals surface area contributed by atoms with Crippen LogP contribution in [0.15, 0.2) is 18.2 Å². The van der Waals surface area contributed by atoms with Crippen molar-refractivity contribution in [1.82, 2.24) is 19.8 Å². The molecule has 1 aromatic carbocycles. The standard InChI is InChI=1S/C16H25N5/c1-20(10-11-21-7-2-3-8-21)9-6-16-18-14-5-4-13(17)12-15(14)19-16/h4-5,12H,2-3,6-11,17H2,1H3,(H,18,19).